The minimum absolute atomic E-state index is 0.0406. The van der Waals surface area contributed by atoms with Gasteiger partial charge in [-0.25, -0.2) is 4.79 Å². The van der Waals surface area contributed by atoms with Gasteiger partial charge in [0.15, 0.2) is 0 Å². The summed E-state index contributed by atoms with van der Waals surface area (Å²) in [6, 6.07) is 8.83. The van der Waals surface area contributed by atoms with Crippen LogP contribution in [0.25, 0.3) is 0 Å². The van der Waals surface area contributed by atoms with Crippen molar-refractivity contribution in [3.63, 3.8) is 0 Å². The van der Waals surface area contributed by atoms with Gasteiger partial charge in [-0.3, -0.25) is 4.84 Å². The van der Waals surface area contributed by atoms with Crippen molar-refractivity contribution in [2.75, 3.05) is 40.3 Å². The third-order valence-electron chi connectivity index (χ3n) is 4.76. The molecular weight excluding hydrogens is 354 g/mol. The van der Waals surface area contributed by atoms with E-state index in [4.69, 9.17) is 28.9 Å². The molecule has 2 fully saturated rings. The van der Waals surface area contributed by atoms with Crippen LogP contribution in [-0.4, -0.2) is 80.8 Å². The summed E-state index contributed by atoms with van der Waals surface area (Å²) in [4.78, 5) is 18.3. The lowest BCUT2D eigenvalue weighted by Crippen LogP contribution is -2.38. The first-order valence-electron chi connectivity index (χ1n) is 9.21. The van der Waals surface area contributed by atoms with E-state index in [1.54, 1.807) is 31.4 Å². The molecule has 0 unspecified atom stereocenters. The van der Waals surface area contributed by atoms with Crippen LogP contribution in [0.5, 0.6) is 0 Å². The average Bonchev–Trinajstić information content (AvgIpc) is 3.20. The van der Waals surface area contributed by atoms with Crippen molar-refractivity contribution in [3.8, 4) is 0 Å². The van der Waals surface area contributed by atoms with Crippen LogP contribution < -0.4 is 0 Å². The number of esters is 1. The van der Waals surface area contributed by atoms with E-state index in [0.717, 1.165) is 0 Å². The molecule has 0 aromatic heterocycles. The predicted octanol–water partition coefficient (Wildman–Crippen LogP) is 0.988. The average molecular weight is 381 g/mol. The van der Waals surface area contributed by atoms with E-state index in [1.807, 2.05) is 11.1 Å². The maximum absolute atomic E-state index is 12.4. The number of ether oxygens (including phenoxy) is 4. The molecule has 0 aliphatic carbocycles. The Morgan fingerprint density at radius 2 is 2.11 bits per heavy atom. The summed E-state index contributed by atoms with van der Waals surface area (Å²) in [5, 5.41) is 11.0. The van der Waals surface area contributed by atoms with E-state index in [-0.39, 0.29) is 37.6 Å². The Morgan fingerprint density at radius 3 is 2.85 bits per heavy atom. The van der Waals surface area contributed by atoms with Gasteiger partial charge in [0, 0.05) is 13.7 Å². The Kier molecular flexibility index (Phi) is 7.57. The number of aliphatic hydroxyl groups excluding tert-OH is 1. The minimum Gasteiger partial charge on any atom is -0.454 e. The van der Waals surface area contributed by atoms with E-state index < -0.39 is 6.10 Å². The lowest BCUT2D eigenvalue weighted by atomic mass is 10.0. The Bertz CT molecular complexity index is 585. The monoisotopic (exact) mass is 381 g/mol. The van der Waals surface area contributed by atoms with Crippen LogP contribution in [0.4, 0.5) is 0 Å². The molecule has 2 saturated heterocycles. The fourth-order valence-corrected chi connectivity index (χ4v) is 3.45. The molecule has 8 heteroatoms. The van der Waals surface area contributed by atoms with Gasteiger partial charge >= 0.3 is 5.97 Å². The van der Waals surface area contributed by atoms with Gasteiger partial charge in [-0.05, 0) is 25.0 Å². The normalized spacial score (nSPS) is 27.6. The predicted molar refractivity (Wildman–Crippen MR) is 94.9 cm³/mol. The second kappa shape index (κ2) is 10.1. The van der Waals surface area contributed by atoms with Crippen molar-refractivity contribution in [2.24, 2.45) is 0 Å². The fraction of sp³-hybridized carbons (Fsp3) is 0.632. The molecule has 0 bridgehead atoms. The lowest BCUT2D eigenvalue weighted by molar-refractivity contribution is -0.162. The zero-order chi connectivity index (χ0) is 19.1. The summed E-state index contributed by atoms with van der Waals surface area (Å²) in [5.41, 5.74) is 0.499. The maximum Gasteiger partial charge on any atom is 0.338 e. The molecule has 1 aromatic carbocycles. The van der Waals surface area contributed by atoms with Crippen molar-refractivity contribution in [1.82, 2.24) is 5.06 Å². The van der Waals surface area contributed by atoms with Crippen LogP contribution in [-0.2, 0) is 23.8 Å². The summed E-state index contributed by atoms with van der Waals surface area (Å²) in [6.07, 6.45) is 0.417. The summed E-state index contributed by atoms with van der Waals surface area (Å²) in [6.45, 7) is 1.49. The smallest absolute Gasteiger partial charge is 0.338 e. The molecule has 3 rings (SSSR count). The summed E-state index contributed by atoms with van der Waals surface area (Å²) >= 11 is 0. The molecule has 0 spiro atoms. The summed E-state index contributed by atoms with van der Waals surface area (Å²) in [7, 11) is 1.61. The Labute approximate surface area is 158 Å². The topological polar surface area (TPSA) is 86.7 Å². The molecule has 150 valence electrons. The lowest BCUT2D eigenvalue weighted by Gasteiger charge is -2.23. The molecule has 27 heavy (non-hydrogen) atoms. The first-order chi connectivity index (χ1) is 13.2. The molecule has 0 radical (unpaired) electrons. The highest BCUT2D eigenvalue weighted by Crippen LogP contribution is 2.35. The van der Waals surface area contributed by atoms with E-state index in [0.29, 0.717) is 38.2 Å². The first-order valence-corrected chi connectivity index (χ1v) is 9.21. The SMILES string of the molecule is COCCOCO[C@@H]1[C@H](OC(=O)c2ccccc2)CN2O[C@H](CCO)C[C@@H]12. The zero-order valence-electron chi connectivity index (χ0n) is 15.5. The third-order valence-corrected chi connectivity index (χ3v) is 4.76. The third kappa shape index (κ3) is 5.25. The number of fused-ring (bicyclic) bond motifs is 1. The van der Waals surface area contributed by atoms with Gasteiger partial charge in [-0.1, -0.05) is 18.2 Å². The van der Waals surface area contributed by atoms with Gasteiger partial charge in [0.1, 0.15) is 19.0 Å². The van der Waals surface area contributed by atoms with Crippen LogP contribution in [0.15, 0.2) is 30.3 Å². The van der Waals surface area contributed by atoms with Gasteiger partial charge < -0.3 is 24.1 Å². The number of aliphatic hydroxyl groups is 1. The highest BCUT2D eigenvalue weighted by atomic mass is 16.7. The van der Waals surface area contributed by atoms with E-state index in [1.165, 1.54) is 0 Å². The number of methoxy groups -OCH3 is 1. The van der Waals surface area contributed by atoms with Gasteiger partial charge in [-0.2, -0.15) is 5.06 Å². The molecule has 4 atom stereocenters. The van der Waals surface area contributed by atoms with Crippen molar-refractivity contribution in [2.45, 2.75) is 37.2 Å². The molecule has 2 aliphatic heterocycles. The van der Waals surface area contributed by atoms with E-state index >= 15 is 0 Å². The number of nitrogens with zero attached hydrogens (tertiary/aromatic N) is 1. The number of carbonyl (C=O) groups is 1. The quantitative estimate of drug-likeness (QED) is 0.365. The summed E-state index contributed by atoms with van der Waals surface area (Å²) < 4.78 is 22.0. The van der Waals surface area contributed by atoms with Crippen molar-refractivity contribution in [3.05, 3.63) is 35.9 Å². The van der Waals surface area contributed by atoms with E-state index in [9.17, 15) is 4.79 Å². The molecule has 1 aromatic rings. The van der Waals surface area contributed by atoms with Gasteiger partial charge in [0.2, 0.25) is 0 Å². The second-order valence-corrected chi connectivity index (χ2v) is 6.60. The van der Waals surface area contributed by atoms with Crippen molar-refractivity contribution >= 4 is 5.97 Å². The maximum atomic E-state index is 12.4. The fourth-order valence-electron chi connectivity index (χ4n) is 3.45. The van der Waals surface area contributed by atoms with Gasteiger partial charge in [0.25, 0.3) is 0 Å². The zero-order valence-corrected chi connectivity index (χ0v) is 15.5. The Morgan fingerprint density at radius 1 is 1.30 bits per heavy atom. The molecular formula is C19H27NO7. The number of benzene rings is 1. The van der Waals surface area contributed by atoms with Crippen LogP contribution in [0.3, 0.4) is 0 Å². The number of hydroxylamine groups is 2. The molecule has 2 heterocycles. The number of hydrogen-bond acceptors (Lipinski definition) is 8. The number of rotatable bonds is 10. The van der Waals surface area contributed by atoms with Crippen LogP contribution in [0.2, 0.25) is 0 Å². The van der Waals surface area contributed by atoms with Crippen molar-refractivity contribution in [1.29, 1.82) is 0 Å². The van der Waals surface area contributed by atoms with Crippen LogP contribution >= 0.6 is 0 Å². The molecule has 1 N–H and O–H groups in total. The Hall–Kier alpha value is -1.55. The second-order valence-electron chi connectivity index (χ2n) is 6.60. The molecule has 0 saturated carbocycles. The van der Waals surface area contributed by atoms with E-state index in [2.05, 4.69) is 0 Å². The largest absolute Gasteiger partial charge is 0.454 e. The standard InChI is InChI=1S/C19H27NO7/c1-23-9-10-24-13-25-18-16-11-15(7-8-21)27-20(16)12-17(18)26-19(22)14-5-3-2-4-6-14/h2-6,15-18,21H,7-13H2,1H3/t15-,16+,17-,18+/m1/s1. The summed E-state index contributed by atoms with van der Waals surface area (Å²) in [5.74, 6) is -0.386. The highest BCUT2D eigenvalue weighted by Gasteiger charge is 2.50. The van der Waals surface area contributed by atoms with Crippen LogP contribution in [0.1, 0.15) is 23.2 Å². The van der Waals surface area contributed by atoms with Gasteiger partial charge in [0.05, 0.1) is 37.5 Å². The van der Waals surface area contributed by atoms with Crippen molar-refractivity contribution < 1.29 is 33.7 Å². The number of hydrogen-bond donors (Lipinski definition) is 1. The van der Waals surface area contributed by atoms with Gasteiger partial charge in [-0.15, -0.1) is 0 Å². The number of carbonyl (C=O) groups excluding carboxylic acids is 1. The molecule has 2 aliphatic rings. The Balaban J connectivity index is 1.60. The first kappa shape index (κ1) is 20.2. The molecule has 0 amide bonds. The highest BCUT2D eigenvalue weighted by molar-refractivity contribution is 5.89. The molecule has 8 nitrogen and oxygen atoms in total. The van der Waals surface area contributed by atoms with Crippen LogP contribution in [0, 0.1) is 0 Å². The minimum atomic E-state index is -0.455.